The van der Waals surface area contributed by atoms with Gasteiger partial charge in [-0.15, -0.1) is 11.3 Å². The quantitative estimate of drug-likeness (QED) is 0.808. The maximum Gasteiger partial charge on any atom is 0.244 e. The summed E-state index contributed by atoms with van der Waals surface area (Å²) in [5.74, 6) is -0.0590. The van der Waals surface area contributed by atoms with Gasteiger partial charge in [0.25, 0.3) is 0 Å². The molecule has 4 nitrogen and oxygen atoms in total. The molecule has 5 heteroatoms. The minimum absolute atomic E-state index is 0.0590. The first kappa shape index (κ1) is 17.9. The van der Waals surface area contributed by atoms with Crippen LogP contribution in [0.5, 0.6) is 0 Å². The highest BCUT2D eigenvalue weighted by molar-refractivity contribution is 7.10. The standard InChI is InChI=1S/C20H24N2O2S/c1-16-4-2-5-17(14-16)7-8-20(23)21-15-18(19-6-3-13-25-19)22-9-11-24-12-10-22/h2-8,13-14,18H,9-12,15H2,1H3,(H,21,23). The summed E-state index contributed by atoms with van der Waals surface area (Å²) < 4.78 is 5.45. The molecular weight excluding hydrogens is 332 g/mol. The number of nitrogens with one attached hydrogen (secondary N) is 1. The van der Waals surface area contributed by atoms with E-state index in [-0.39, 0.29) is 11.9 Å². The van der Waals surface area contributed by atoms with Crippen molar-refractivity contribution in [3.63, 3.8) is 0 Å². The smallest absolute Gasteiger partial charge is 0.244 e. The lowest BCUT2D eigenvalue weighted by Crippen LogP contribution is -2.43. The van der Waals surface area contributed by atoms with Gasteiger partial charge in [0.05, 0.1) is 19.3 Å². The third-order valence-corrected chi connectivity index (χ3v) is 5.27. The first-order valence-corrected chi connectivity index (χ1v) is 9.48. The molecule has 2 heterocycles. The van der Waals surface area contributed by atoms with E-state index in [9.17, 15) is 4.79 Å². The average molecular weight is 356 g/mol. The summed E-state index contributed by atoms with van der Waals surface area (Å²) in [5, 5.41) is 5.14. The zero-order valence-electron chi connectivity index (χ0n) is 14.5. The highest BCUT2D eigenvalue weighted by Crippen LogP contribution is 2.25. The molecule has 0 spiro atoms. The number of rotatable bonds is 6. The first-order valence-electron chi connectivity index (χ1n) is 8.60. The molecule has 0 saturated carbocycles. The van der Waals surface area contributed by atoms with Gasteiger partial charge in [0, 0.05) is 30.6 Å². The number of thiophene rings is 1. The summed E-state index contributed by atoms with van der Waals surface area (Å²) in [7, 11) is 0. The molecule has 1 unspecified atom stereocenters. The molecule has 3 rings (SSSR count). The van der Waals surface area contributed by atoms with Gasteiger partial charge in [0.15, 0.2) is 0 Å². The van der Waals surface area contributed by atoms with Crippen LogP contribution in [0.1, 0.15) is 22.0 Å². The fourth-order valence-corrected chi connectivity index (χ4v) is 3.84. The van der Waals surface area contributed by atoms with Gasteiger partial charge in [-0.3, -0.25) is 9.69 Å². The number of ether oxygens (including phenoxy) is 1. The predicted molar refractivity (Wildman–Crippen MR) is 103 cm³/mol. The Bertz CT molecular complexity index is 706. The number of aryl methyl sites for hydroxylation is 1. The molecule has 1 saturated heterocycles. The minimum atomic E-state index is -0.0590. The molecule has 0 radical (unpaired) electrons. The number of nitrogens with zero attached hydrogens (tertiary/aromatic N) is 1. The summed E-state index contributed by atoms with van der Waals surface area (Å²) in [5.41, 5.74) is 2.23. The van der Waals surface area contributed by atoms with Crippen LogP contribution in [0.15, 0.2) is 47.9 Å². The molecule has 0 bridgehead atoms. The van der Waals surface area contributed by atoms with Crippen LogP contribution >= 0.6 is 11.3 Å². The van der Waals surface area contributed by atoms with Crippen LogP contribution in [0.25, 0.3) is 6.08 Å². The van der Waals surface area contributed by atoms with E-state index >= 15 is 0 Å². The fourth-order valence-electron chi connectivity index (χ4n) is 2.98. The molecule has 25 heavy (non-hydrogen) atoms. The van der Waals surface area contributed by atoms with Crippen LogP contribution in [0.4, 0.5) is 0 Å². The van der Waals surface area contributed by atoms with E-state index in [0.717, 1.165) is 31.9 Å². The second kappa shape index (κ2) is 8.94. The van der Waals surface area contributed by atoms with Gasteiger partial charge in [-0.1, -0.05) is 35.9 Å². The normalized spacial score (nSPS) is 16.8. The van der Waals surface area contributed by atoms with E-state index < -0.39 is 0 Å². The number of hydrogen-bond acceptors (Lipinski definition) is 4. The molecule has 1 N–H and O–H groups in total. The summed E-state index contributed by atoms with van der Waals surface area (Å²) in [6, 6.07) is 12.5. The lowest BCUT2D eigenvalue weighted by Gasteiger charge is -2.34. The zero-order valence-corrected chi connectivity index (χ0v) is 15.3. The van der Waals surface area contributed by atoms with Crippen LogP contribution in [0, 0.1) is 6.92 Å². The molecule has 132 valence electrons. The van der Waals surface area contributed by atoms with Crippen molar-refractivity contribution in [2.75, 3.05) is 32.8 Å². The van der Waals surface area contributed by atoms with Crippen molar-refractivity contribution >= 4 is 23.3 Å². The third-order valence-electron chi connectivity index (χ3n) is 4.30. The topological polar surface area (TPSA) is 41.6 Å². The number of amides is 1. The lowest BCUT2D eigenvalue weighted by atomic mass is 10.1. The number of benzene rings is 1. The van der Waals surface area contributed by atoms with Gasteiger partial charge in [-0.2, -0.15) is 0 Å². The number of carbonyl (C=O) groups excluding carboxylic acids is 1. The largest absolute Gasteiger partial charge is 0.379 e. The number of hydrogen-bond donors (Lipinski definition) is 1. The Morgan fingerprint density at radius 1 is 1.32 bits per heavy atom. The minimum Gasteiger partial charge on any atom is -0.379 e. The summed E-state index contributed by atoms with van der Waals surface area (Å²) >= 11 is 1.74. The number of morpholine rings is 1. The van der Waals surface area contributed by atoms with Crippen LogP contribution in [-0.4, -0.2) is 43.7 Å². The van der Waals surface area contributed by atoms with Gasteiger partial charge in [0.2, 0.25) is 5.91 Å². The van der Waals surface area contributed by atoms with E-state index in [4.69, 9.17) is 4.74 Å². The first-order chi connectivity index (χ1) is 12.2. The van der Waals surface area contributed by atoms with Crippen LogP contribution in [0.3, 0.4) is 0 Å². The van der Waals surface area contributed by atoms with Crippen molar-refractivity contribution in [3.05, 3.63) is 63.9 Å². The Balaban J connectivity index is 1.59. The Kier molecular flexibility index (Phi) is 6.39. The second-order valence-electron chi connectivity index (χ2n) is 6.17. The van der Waals surface area contributed by atoms with Crippen molar-refractivity contribution in [1.82, 2.24) is 10.2 Å². The monoisotopic (exact) mass is 356 g/mol. The lowest BCUT2D eigenvalue weighted by molar-refractivity contribution is -0.116. The van der Waals surface area contributed by atoms with Gasteiger partial charge >= 0.3 is 0 Å². The highest BCUT2D eigenvalue weighted by atomic mass is 32.1. The van der Waals surface area contributed by atoms with Crippen molar-refractivity contribution in [3.8, 4) is 0 Å². The third kappa shape index (κ3) is 5.26. The second-order valence-corrected chi connectivity index (χ2v) is 7.15. The molecule has 1 atom stereocenters. The molecule has 1 amide bonds. The molecule has 2 aromatic rings. The molecule has 1 aromatic carbocycles. The van der Waals surface area contributed by atoms with E-state index in [1.165, 1.54) is 10.4 Å². The van der Waals surface area contributed by atoms with Gasteiger partial charge in [-0.05, 0) is 30.0 Å². The van der Waals surface area contributed by atoms with Crippen LogP contribution in [-0.2, 0) is 9.53 Å². The molecule has 1 aliphatic rings. The number of carbonyl (C=O) groups is 1. The van der Waals surface area contributed by atoms with E-state index in [2.05, 4.69) is 33.8 Å². The summed E-state index contributed by atoms with van der Waals surface area (Å²) in [6.07, 6.45) is 3.47. The molecule has 1 aromatic heterocycles. The molecule has 1 aliphatic heterocycles. The van der Waals surface area contributed by atoms with Crippen molar-refractivity contribution in [2.45, 2.75) is 13.0 Å². The van der Waals surface area contributed by atoms with Crippen molar-refractivity contribution < 1.29 is 9.53 Å². The maximum atomic E-state index is 12.2. The molecule has 0 aliphatic carbocycles. The Morgan fingerprint density at radius 3 is 2.88 bits per heavy atom. The van der Waals surface area contributed by atoms with E-state index in [1.807, 2.05) is 31.2 Å². The van der Waals surface area contributed by atoms with E-state index in [1.54, 1.807) is 17.4 Å². The summed E-state index contributed by atoms with van der Waals surface area (Å²) in [6.45, 7) is 5.96. The zero-order chi connectivity index (χ0) is 17.5. The van der Waals surface area contributed by atoms with Crippen molar-refractivity contribution in [1.29, 1.82) is 0 Å². The van der Waals surface area contributed by atoms with Crippen molar-refractivity contribution in [2.24, 2.45) is 0 Å². The average Bonchev–Trinajstić information content (AvgIpc) is 3.15. The highest BCUT2D eigenvalue weighted by Gasteiger charge is 2.23. The van der Waals surface area contributed by atoms with E-state index in [0.29, 0.717) is 6.54 Å². The van der Waals surface area contributed by atoms with Gasteiger partial charge in [-0.25, -0.2) is 0 Å². The fraction of sp³-hybridized carbons (Fsp3) is 0.350. The SMILES string of the molecule is Cc1cccc(C=CC(=O)NCC(c2cccs2)N2CCOCC2)c1. The Hall–Kier alpha value is -1.95. The predicted octanol–water partition coefficient (Wildman–Crippen LogP) is 3.26. The van der Waals surface area contributed by atoms with Gasteiger partial charge < -0.3 is 10.1 Å². The molecular formula is C20H24N2O2S. The Labute approximate surface area is 153 Å². The van der Waals surface area contributed by atoms with Crippen LogP contribution < -0.4 is 5.32 Å². The Morgan fingerprint density at radius 2 is 2.16 bits per heavy atom. The maximum absolute atomic E-state index is 12.2. The molecule has 1 fully saturated rings. The van der Waals surface area contributed by atoms with Gasteiger partial charge in [0.1, 0.15) is 0 Å². The summed E-state index contributed by atoms with van der Waals surface area (Å²) in [4.78, 5) is 15.9. The van der Waals surface area contributed by atoms with Crippen LogP contribution in [0.2, 0.25) is 0 Å².